The monoisotopic (exact) mass is 469 g/mol. The van der Waals surface area contributed by atoms with Crippen molar-refractivity contribution in [2.24, 2.45) is 0 Å². The van der Waals surface area contributed by atoms with Crippen LogP contribution in [-0.4, -0.2) is 67.9 Å². The Balaban J connectivity index is 2.35. The van der Waals surface area contributed by atoms with E-state index in [1.54, 1.807) is 6.07 Å². The lowest BCUT2D eigenvalue weighted by atomic mass is 9.97. The number of halogens is 4. The molecule has 33 heavy (non-hydrogen) atoms. The maximum atomic E-state index is 14.5. The van der Waals surface area contributed by atoms with Crippen molar-refractivity contribution in [1.82, 2.24) is 20.5 Å². The van der Waals surface area contributed by atoms with Gasteiger partial charge in [0.15, 0.2) is 0 Å². The van der Waals surface area contributed by atoms with E-state index in [4.69, 9.17) is 0 Å². The second-order valence-electron chi connectivity index (χ2n) is 8.00. The third kappa shape index (κ3) is 7.05. The van der Waals surface area contributed by atoms with E-state index in [9.17, 15) is 22.4 Å². The van der Waals surface area contributed by atoms with Crippen molar-refractivity contribution >= 4 is 29.1 Å². The summed E-state index contributed by atoms with van der Waals surface area (Å²) < 4.78 is 55.0. The molecule has 3 N–H and O–H groups in total. The SMILES string of the molecule is C=Cc1c(C(=C)NC2CCN(C)CC2F)cc(NCCCC(=O)NC)nc1C(=C)C(F)(F)F. The van der Waals surface area contributed by atoms with Crippen molar-refractivity contribution in [2.75, 3.05) is 39.0 Å². The smallest absolute Gasteiger partial charge is 0.379 e. The van der Waals surface area contributed by atoms with Crippen molar-refractivity contribution in [2.45, 2.75) is 37.7 Å². The minimum Gasteiger partial charge on any atom is -0.379 e. The van der Waals surface area contributed by atoms with Crippen LogP contribution in [0.15, 0.2) is 25.8 Å². The molecule has 0 aliphatic carbocycles. The van der Waals surface area contributed by atoms with Crippen LogP contribution in [0.25, 0.3) is 17.3 Å². The highest BCUT2D eigenvalue weighted by Gasteiger charge is 2.36. The number of aromatic nitrogens is 1. The van der Waals surface area contributed by atoms with E-state index in [0.717, 1.165) is 0 Å². The fourth-order valence-electron chi connectivity index (χ4n) is 3.58. The summed E-state index contributed by atoms with van der Waals surface area (Å²) in [6.07, 6.45) is -3.36. The van der Waals surface area contributed by atoms with E-state index >= 15 is 0 Å². The van der Waals surface area contributed by atoms with Crippen LogP contribution in [0.3, 0.4) is 0 Å². The van der Waals surface area contributed by atoms with E-state index in [-0.39, 0.29) is 41.6 Å². The molecule has 0 saturated carbocycles. The predicted molar refractivity (Wildman–Crippen MR) is 124 cm³/mol. The zero-order valence-electron chi connectivity index (χ0n) is 19.0. The Hall–Kier alpha value is -2.88. The molecule has 0 radical (unpaired) electrons. The Bertz CT molecular complexity index is 900. The topological polar surface area (TPSA) is 69.3 Å². The van der Waals surface area contributed by atoms with Crippen LogP contribution in [0.2, 0.25) is 0 Å². The normalized spacial score (nSPS) is 19.0. The van der Waals surface area contributed by atoms with Gasteiger partial charge in [0, 0.05) is 49.9 Å². The highest BCUT2D eigenvalue weighted by atomic mass is 19.4. The lowest BCUT2D eigenvalue weighted by molar-refractivity contribution is -0.120. The summed E-state index contributed by atoms with van der Waals surface area (Å²) in [5.74, 6) is 0.0195. The number of nitrogens with zero attached hydrogens (tertiary/aromatic N) is 2. The van der Waals surface area contributed by atoms with Crippen LogP contribution >= 0.6 is 0 Å². The predicted octanol–water partition coefficient (Wildman–Crippen LogP) is 3.84. The van der Waals surface area contributed by atoms with E-state index in [2.05, 4.69) is 40.7 Å². The Labute approximate surface area is 191 Å². The zero-order chi connectivity index (χ0) is 24.8. The van der Waals surface area contributed by atoms with Crippen molar-refractivity contribution in [3.05, 3.63) is 42.6 Å². The summed E-state index contributed by atoms with van der Waals surface area (Å²) in [5.41, 5.74) is -0.807. The number of amides is 1. The Kier molecular flexibility index (Phi) is 9.04. The molecule has 1 aliphatic heterocycles. The van der Waals surface area contributed by atoms with Gasteiger partial charge >= 0.3 is 6.18 Å². The molecule has 182 valence electrons. The number of carbonyl (C=O) groups is 1. The zero-order valence-corrected chi connectivity index (χ0v) is 19.0. The molecule has 2 atom stereocenters. The van der Waals surface area contributed by atoms with Gasteiger partial charge < -0.3 is 20.9 Å². The van der Waals surface area contributed by atoms with Crippen molar-refractivity contribution in [3.63, 3.8) is 0 Å². The number of hydrogen-bond donors (Lipinski definition) is 3. The lowest BCUT2D eigenvalue weighted by Gasteiger charge is -2.34. The molecule has 1 aromatic rings. The number of rotatable bonds is 10. The highest BCUT2D eigenvalue weighted by Crippen LogP contribution is 2.36. The molecule has 0 spiro atoms. The largest absolute Gasteiger partial charge is 0.417 e. The highest BCUT2D eigenvalue weighted by molar-refractivity contribution is 5.82. The van der Waals surface area contributed by atoms with Crippen LogP contribution in [-0.2, 0) is 4.79 Å². The fraction of sp³-hybridized carbons (Fsp3) is 0.478. The van der Waals surface area contributed by atoms with Gasteiger partial charge in [-0.1, -0.05) is 25.8 Å². The quantitative estimate of drug-likeness (QED) is 0.359. The number of carbonyl (C=O) groups excluding carboxylic acids is 1. The van der Waals surface area contributed by atoms with E-state index in [0.29, 0.717) is 31.5 Å². The molecule has 1 saturated heterocycles. The number of likely N-dealkylation sites (tertiary alicyclic amines) is 1. The first-order valence-electron chi connectivity index (χ1n) is 10.6. The molecule has 0 bridgehead atoms. The van der Waals surface area contributed by atoms with Crippen LogP contribution in [0.5, 0.6) is 0 Å². The minimum atomic E-state index is -4.70. The number of hydrogen-bond acceptors (Lipinski definition) is 5. The van der Waals surface area contributed by atoms with Gasteiger partial charge in [0.1, 0.15) is 12.0 Å². The number of nitrogens with one attached hydrogen (secondary N) is 3. The van der Waals surface area contributed by atoms with Gasteiger partial charge in [-0.3, -0.25) is 4.79 Å². The first-order valence-corrected chi connectivity index (χ1v) is 10.6. The number of anilines is 1. The van der Waals surface area contributed by atoms with E-state index in [1.165, 1.54) is 13.1 Å². The van der Waals surface area contributed by atoms with Crippen LogP contribution in [0.4, 0.5) is 23.4 Å². The fourth-order valence-corrected chi connectivity index (χ4v) is 3.58. The molecule has 1 aromatic heterocycles. The molecular weight excluding hydrogens is 438 g/mol. The Morgan fingerprint density at radius 2 is 2.06 bits per heavy atom. The molecule has 1 aliphatic rings. The number of pyridine rings is 1. The summed E-state index contributed by atoms with van der Waals surface area (Å²) in [6, 6.07) is 1.03. The molecule has 2 rings (SSSR count). The van der Waals surface area contributed by atoms with E-state index in [1.807, 2.05) is 11.9 Å². The van der Waals surface area contributed by atoms with Crippen LogP contribution in [0.1, 0.15) is 36.1 Å². The summed E-state index contributed by atoms with van der Waals surface area (Å²) in [5, 5.41) is 8.50. The number of alkyl halides is 4. The molecule has 0 aromatic carbocycles. The molecule has 6 nitrogen and oxygen atoms in total. The van der Waals surface area contributed by atoms with Gasteiger partial charge in [-0.15, -0.1) is 0 Å². The minimum absolute atomic E-state index is 0.106. The van der Waals surface area contributed by atoms with Gasteiger partial charge in [0.2, 0.25) is 5.91 Å². The molecule has 2 heterocycles. The van der Waals surface area contributed by atoms with Gasteiger partial charge in [0.05, 0.1) is 17.3 Å². The average Bonchev–Trinajstić information content (AvgIpc) is 2.76. The van der Waals surface area contributed by atoms with Crippen LogP contribution in [0, 0.1) is 0 Å². The van der Waals surface area contributed by atoms with Gasteiger partial charge in [-0.2, -0.15) is 13.2 Å². The Morgan fingerprint density at radius 3 is 2.64 bits per heavy atom. The van der Waals surface area contributed by atoms with Crippen molar-refractivity contribution < 1.29 is 22.4 Å². The summed E-state index contributed by atoms with van der Waals surface area (Å²) in [6.45, 7) is 12.0. The van der Waals surface area contributed by atoms with Crippen molar-refractivity contribution in [3.8, 4) is 0 Å². The van der Waals surface area contributed by atoms with E-state index < -0.39 is 24.0 Å². The maximum Gasteiger partial charge on any atom is 0.417 e. The molecular formula is C23H31F4N5O. The lowest BCUT2D eigenvalue weighted by Crippen LogP contribution is -2.48. The summed E-state index contributed by atoms with van der Waals surface area (Å²) in [4.78, 5) is 17.4. The average molecular weight is 470 g/mol. The first-order chi connectivity index (χ1) is 15.5. The third-order valence-electron chi connectivity index (χ3n) is 5.49. The number of allylic oxidation sites excluding steroid dienone is 1. The maximum absolute atomic E-state index is 14.5. The summed E-state index contributed by atoms with van der Waals surface area (Å²) in [7, 11) is 3.35. The first kappa shape index (κ1) is 26.4. The third-order valence-corrected chi connectivity index (χ3v) is 5.49. The number of piperidine rings is 1. The second-order valence-corrected chi connectivity index (χ2v) is 8.00. The Morgan fingerprint density at radius 1 is 1.36 bits per heavy atom. The van der Waals surface area contributed by atoms with Gasteiger partial charge in [-0.25, -0.2) is 9.37 Å². The van der Waals surface area contributed by atoms with Gasteiger partial charge in [-0.05, 0) is 26.0 Å². The van der Waals surface area contributed by atoms with Crippen LogP contribution < -0.4 is 16.0 Å². The standard InChI is InChI=1S/C23H31F4N5O/c1-6-16-17(15(3)30-19-9-11-32(5)13-18(19)24)12-20(29-10-7-8-21(33)28-4)31-22(16)14(2)23(25,26)27/h6,12,18-19,30H,1-3,7-11,13H2,4-5H3,(H,28,33)(H,29,31). The summed E-state index contributed by atoms with van der Waals surface area (Å²) >= 11 is 0. The second kappa shape index (κ2) is 11.3. The molecule has 2 unspecified atom stereocenters. The molecule has 1 amide bonds. The van der Waals surface area contributed by atoms with Crippen molar-refractivity contribution in [1.29, 1.82) is 0 Å². The molecule has 10 heteroatoms. The molecule has 1 fully saturated rings. The van der Waals surface area contributed by atoms with Gasteiger partial charge in [0.25, 0.3) is 0 Å².